The molecule has 5 heteroatoms. The van der Waals surface area contributed by atoms with Crippen molar-refractivity contribution < 1.29 is 9.53 Å². The Balaban J connectivity index is 2.16. The normalized spacial score (nSPS) is 10.0. The van der Waals surface area contributed by atoms with Gasteiger partial charge >= 0.3 is 0 Å². The number of carbonyl (C=O) groups is 1. The fourth-order valence-electron chi connectivity index (χ4n) is 1.55. The number of carbonyl (C=O) groups excluding carboxylic acids is 1. The Hall–Kier alpha value is -2.43. The van der Waals surface area contributed by atoms with Crippen LogP contribution in [-0.4, -0.2) is 22.5 Å². The predicted octanol–water partition coefficient (Wildman–Crippen LogP) is 2.44. The zero-order valence-corrected chi connectivity index (χ0v) is 10.9. The lowest BCUT2D eigenvalue weighted by Gasteiger charge is -2.10. The van der Waals surface area contributed by atoms with Gasteiger partial charge in [-0.15, -0.1) is 0 Å². The smallest absolute Gasteiger partial charge is 0.275 e. The lowest BCUT2D eigenvalue weighted by molar-refractivity contribution is 0.102. The highest BCUT2D eigenvalue weighted by Crippen LogP contribution is 2.23. The molecule has 1 heterocycles. The van der Waals surface area contributed by atoms with E-state index >= 15 is 0 Å². The molecule has 0 spiro atoms. The average molecular weight is 257 g/mol. The summed E-state index contributed by atoms with van der Waals surface area (Å²) in [6.07, 6.45) is 3.01. The van der Waals surface area contributed by atoms with Gasteiger partial charge in [-0.1, -0.05) is 12.1 Å². The van der Waals surface area contributed by atoms with Crippen LogP contribution in [0.2, 0.25) is 0 Å². The first kappa shape index (κ1) is 13.0. The molecule has 2 aromatic rings. The number of benzene rings is 1. The van der Waals surface area contributed by atoms with E-state index in [-0.39, 0.29) is 11.6 Å². The molecule has 2 rings (SSSR count). The number of hydrogen-bond acceptors (Lipinski definition) is 4. The quantitative estimate of drug-likeness (QED) is 0.913. The molecule has 1 N–H and O–H groups in total. The summed E-state index contributed by atoms with van der Waals surface area (Å²) in [6, 6.07) is 7.27. The maximum absolute atomic E-state index is 12.0. The lowest BCUT2D eigenvalue weighted by Crippen LogP contribution is -2.15. The topological polar surface area (TPSA) is 64.1 Å². The van der Waals surface area contributed by atoms with Crippen molar-refractivity contribution in [2.24, 2.45) is 0 Å². The first-order valence-corrected chi connectivity index (χ1v) is 6.02. The SMILES string of the molecule is CCOc1ccccc1NC(=O)c1cnc(C)cn1. The van der Waals surface area contributed by atoms with Crippen LogP contribution in [-0.2, 0) is 0 Å². The summed E-state index contributed by atoms with van der Waals surface area (Å²) >= 11 is 0. The van der Waals surface area contributed by atoms with Gasteiger partial charge in [-0.05, 0) is 26.0 Å². The summed E-state index contributed by atoms with van der Waals surface area (Å²) in [5, 5.41) is 2.76. The summed E-state index contributed by atoms with van der Waals surface area (Å²) in [6.45, 7) is 4.25. The number of aryl methyl sites for hydroxylation is 1. The van der Waals surface area contributed by atoms with Crippen LogP contribution in [0, 0.1) is 6.92 Å². The molecule has 19 heavy (non-hydrogen) atoms. The van der Waals surface area contributed by atoms with E-state index in [9.17, 15) is 4.79 Å². The van der Waals surface area contributed by atoms with Crippen molar-refractivity contribution in [2.75, 3.05) is 11.9 Å². The van der Waals surface area contributed by atoms with Crippen LogP contribution in [0.5, 0.6) is 5.75 Å². The Labute approximate surface area is 111 Å². The third-order valence-electron chi connectivity index (χ3n) is 2.45. The van der Waals surface area contributed by atoms with E-state index in [2.05, 4.69) is 15.3 Å². The molecule has 0 fully saturated rings. The monoisotopic (exact) mass is 257 g/mol. The van der Waals surface area contributed by atoms with Gasteiger partial charge in [0.15, 0.2) is 0 Å². The van der Waals surface area contributed by atoms with E-state index in [1.807, 2.05) is 26.0 Å². The molecule has 0 aliphatic carbocycles. The van der Waals surface area contributed by atoms with Gasteiger partial charge < -0.3 is 10.1 Å². The number of aromatic nitrogens is 2. The summed E-state index contributed by atoms with van der Waals surface area (Å²) in [5.74, 6) is 0.332. The van der Waals surface area contributed by atoms with Gasteiger partial charge in [0.2, 0.25) is 0 Å². The van der Waals surface area contributed by atoms with Crippen LogP contribution in [0.25, 0.3) is 0 Å². The zero-order chi connectivity index (χ0) is 13.7. The van der Waals surface area contributed by atoms with Gasteiger partial charge in [-0.2, -0.15) is 0 Å². The van der Waals surface area contributed by atoms with Crippen molar-refractivity contribution in [3.05, 3.63) is 48.0 Å². The minimum atomic E-state index is -0.306. The van der Waals surface area contributed by atoms with Gasteiger partial charge in [-0.25, -0.2) is 4.98 Å². The molecule has 5 nitrogen and oxygen atoms in total. The van der Waals surface area contributed by atoms with Crippen molar-refractivity contribution in [2.45, 2.75) is 13.8 Å². The van der Waals surface area contributed by atoms with E-state index < -0.39 is 0 Å². The largest absolute Gasteiger partial charge is 0.492 e. The summed E-state index contributed by atoms with van der Waals surface area (Å²) in [4.78, 5) is 20.1. The van der Waals surface area contributed by atoms with Crippen molar-refractivity contribution >= 4 is 11.6 Å². The first-order valence-electron chi connectivity index (χ1n) is 6.02. The molecule has 0 radical (unpaired) electrons. The van der Waals surface area contributed by atoms with Gasteiger partial charge in [0.25, 0.3) is 5.91 Å². The van der Waals surface area contributed by atoms with Crippen LogP contribution in [0.4, 0.5) is 5.69 Å². The minimum Gasteiger partial charge on any atom is -0.492 e. The first-order chi connectivity index (χ1) is 9.20. The Morgan fingerprint density at radius 2 is 2.05 bits per heavy atom. The number of hydrogen-bond donors (Lipinski definition) is 1. The molecule has 0 aliphatic rings. The standard InChI is InChI=1S/C14H15N3O2/c1-3-19-13-7-5-4-6-11(13)17-14(18)12-9-15-10(2)8-16-12/h4-9H,3H2,1-2H3,(H,17,18). The Kier molecular flexibility index (Phi) is 4.07. The molecule has 0 atom stereocenters. The molecule has 0 aliphatic heterocycles. The molecular weight excluding hydrogens is 242 g/mol. The van der Waals surface area contributed by atoms with Crippen molar-refractivity contribution in [3.63, 3.8) is 0 Å². The fraction of sp³-hybridized carbons (Fsp3) is 0.214. The number of nitrogens with one attached hydrogen (secondary N) is 1. The molecule has 0 bridgehead atoms. The van der Waals surface area contributed by atoms with E-state index in [4.69, 9.17) is 4.74 Å². The molecular formula is C14H15N3O2. The highest BCUT2D eigenvalue weighted by Gasteiger charge is 2.10. The third kappa shape index (κ3) is 3.28. The number of ether oxygens (including phenoxy) is 1. The number of amides is 1. The number of para-hydroxylation sites is 2. The van der Waals surface area contributed by atoms with E-state index in [0.717, 1.165) is 5.69 Å². The van der Waals surface area contributed by atoms with Gasteiger partial charge in [0.05, 0.1) is 24.2 Å². The van der Waals surface area contributed by atoms with Crippen LogP contribution >= 0.6 is 0 Å². The van der Waals surface area contributed by atoms with Crippen molar-refractivity contribution in [1.82, 2.24) is 9.97 Å². The molecule has 1 amide bonds. The van der Waals surface area contributed by atoms with Gasteiger partial charge in [-0.3, -0.25) is 9.78 Å². The summed E-state index contributed by atoms with van der Waals surface area (Å²) < 4.78 is 5.44. The predicted molar refractivity (Wildman–Crippen MR) is 72.3 cm³/mol. The zero-order valence-electron chi connectivity index (χ0n) is 10.9. The molecule has 1 aromatic carbocycles. The fourth-order valence-corrected chi connectivity index (χ4v) is 1.55. The van der Waals surface area contributed by atoms with E-state index in [1.54, 1.807) is 18.3 Å². The molecule has 0 saturated heterocycles. The number of nitrogens with zero attached hydrogens (tertiary/aromatic N) is 2. The second-order valence-corrected chi connectivity index (χ2v) is 3.93. The van der Waals surface area contributed by atoms with E-state index in [0.29, 0.717) is 18.0 Å². The number of anilines is 1. The van der Waals surface area contributed by atoms with Crippen LogP contribution in [0.15, 0.2) is 36.7 Å². The second kappa shape index (κ2) is 5.95. The third-order valence-corrected chi connectivity index (χ3v) is 2.45. The summed E-state index contributed by atoms with van der Waals surface area (Å²) in [7, 11) is 0. The van der Waals surface area contributed by atoms with Crippen LogP contribution in [0.1, 0.15) is 23.1 Å². The average Bonchev–Trinajstić information content (AvgIpc) is 2.42. The molecule has 0 saturated carbocycles. The van der Waals surface area contributed by atoms with Crippen molar-refractivity contribution in [3.8, 4) is 5.75 Å². The van der Waals surface area contributed by atoms with Gasteiger partial charge in [0, 0.05) is 6.20 Å². The van der Waals surface area contributed by atoms with Crippen LogP contribution in [0.3, 0.4) is 0 Å². The summed E-state index contributed by atoms with van der Waals surface area (Å²) in [5.41, 5.74) is 1.67. The van der Waals surface area contributed by atoms with Gasteiger partial charge in [0.1, 0.15) is 11.4 Å². The Morgan fingerprint density at radius 1 is 1.26 bits per heavy atom. The highest BCUT2D eigenvalue weighted by atomic mass is 16.5. The lowest BCUT2D eigenvalue weighted by atomic mass is 10.3. The second-order valence-electron chi connectivity index (χ2n) is 3.93. The Bertz CT molecular complexity index is 567. The van der Waals surface area contributed by atoms with Crippen LogP contribution < -0.4 is 10.1 Å². The maximum atomic E-state index is 12.0. The molecule has 0 unspecified atom stereocenters. The Morgan fingerprint density at radius 3 is 2.74 bits per heavy atom. The molecule has 98 valence electrons. The van der Waals surface area contributed by atoms with E-state index in [1.165, 1.54) is 6.20 Å². The minimum absolute atomic E-state index is 0.275. The van der Waals surface area contributed by atoms with Crippen molar-refractivity contribution in [1.29, 1.82) is 0 Å². The number of rotatable bonds is 4. The molecule has 1 aromatic heterocycles. The maximum Gasteiger partial charge on any atom is 0.275 e. The highest BCUT2D eigenvalue weighted by molar-refractivity contribution is 6.03.